The van der Waals surface area contributed by atoms with Crippen LogP contribution < -0.4 is 5.43 Å². The SMILES string of the molecule is O=C(NN=C/C(Cl)=C\c1ccccc1)c1cc(-c2ccccc2)on1. The standard InChI is InChI=1S/C19H14ClN3O2/c20-16(11-14-7-3-1-4-8-14)13-21-22-19(24)17-12-18(25-23-17)15-9-5-2-6-10-15/h1-13H,(H,22,24)/b16-11+,21-13?. The molecule has 0 aliphatic rings. The molecule has 0 bridgehead atoms. The summed E-state index contributed by atoms with van der Waals surface area (Å²) >= 11 is 6.06. The molecule has 0 aliphatic heterocycles. The van der Waals surface area contributed by atoms with Gasteiger partial charge in [0.1, 0.15) is 0 Å². The van der Waals surface area contributed by atoms with Crippen LogP contribution in [0.2, 0.25) is 0 Å². The number of carbonyl (C=O) groups excluding carboxylic acids is 1. The Labute approximate surface area is 149 Å². The summed E-state index contributed by atoms with van der Waals surface area (Å²) in [6.07, 6.45) is 3.09. The number of benzene rings is 2. The van der Waals surface area contributed by atoms with Crippen LogP contribution in [-0.2, 0) is 0 Å². The van der Waals surface area contributed by atoms with Gasteiger partial charge in [0.2, 0.25) is 0 Å². The van der Waals surface area contributed by atoms with Crippen LogP contribution in [0, 0.1) is 0 Å². The van der Waals surface area contributed by atoms with E-state index in [0.29, 0.717) is 10.8 Å². The molecule has 6 heteroatoms. The summed E-state index contributed by atoms with van der Waals surface area (Å²) < 4.78 is 5.18. The van der Waals surface area contributed by atoms with E-state index in [2.05, 4.69) is 15.7 Å². The molecule has 0 saturated heterocycles. The van der Waals surface area contributed by atoms with E-state index >= 15 is 0 Å². The molecule has 0 aliphatic carbocycles. The summed E-state index contributed by atoms with van der Waals surface area (Å²) in [7, 11) is 0. The molecule has 0 spiro atoms. The molecule has 0 saturated carbocycles. The van der Waals surface area contributed by atoms with Crippen LogP contribution >= 0.6 is 11.6 Å². The van der Waals surface area contributed by atoms with Crippen molar-refractivity contribution >= 4 is 29.8 Å². The van der Waals surface area contributed by atoms with Gasteiger partial charge in [-0.25, -0.2) is 5.43 Å². The Bertz CT molecular complexity index is 903. The number of hydrogen-bond donors (Lipinski definition) is 1. The van der Waals surface area contributed by atoms with E-state index in [9.17, 15) is 4.79 Å². The number of nitrogens with zero attached hydrogens (tertiary/aromatic N) is 2. The Morgan fingerprint density at radius 2 is 1.76 bits per heavy atom. The highest BCUT2D eigenvalue weighted by Gasteiger charge is 2.12. The molecular weight excluding hydrogens is 338 g/mol. The molecule has 0 atom stereocenters. The predicted molar refractivity (Wildman–Crippen MR) is 98.2 cm³/mol. The third-order valence-electron chi connectivity index (χ3n) is 3.26. The zero-order valence-electron chi connectivity index (χ0n) is 13.1. The summed E-state index contributed by atoms with van der Waals surface area (Å²) in [5.74, 6) is 0.0306. The fraction of sp³-hybridized carbons (Fsp3) is 0. The molecule has 25 heavy (non-hydrogen) atoms. The Morgan fingerprint density at radius 3 is 2.48 bits per heavy atom. The fourth-order valence-corrected chi connectivity index (χ4v) is 2.25. The number of allylic oxidation sites excluding steroid dienone is 1. The third-order valence-corrected chi connectivity index (χ3v) is 3.47. The number of halogens is 1. The van der Waals surface area contributed by atoms with Crippen LogP contribution in [0.1, 0.15) is 16.1 Å². The lowest BCUT2D eigenvalue weighted by Crippen LogP contribution is -2.17. The molecule has 0 fully saturated rings. The summed E-state index contributed by atoms with van der Waals surface area (Å²) in [4.78, 5) is 12.0. The zero-order valence-corrected chi connectivity index (χ0v) is 13.9. The first-order chi connectivity index (χ1) is 12.2. The lowest BCUT2D eigenvalue weighted by atomic mass is 10.1. The molecule has 1 heterocycles. The van der Waals surface area contributed by atoms with E-state index < -0.39 is 5.91 Å². The van der Waals surface area contributed by atoms with Gasteiger partial charge in [0.15, 0.2) is 11.5 Å². The van der Waals surface area contributed by atoms with Gasteiger partial charge >= 0.3 is 0 Å². The van der Waals surface area contributed by atoms with E-state index in [1.165, 1.54) is 6.21 Å². The van der Waals surface area contributed by atoms with E-state index in [4.69, 9.17) is 16.1 Å². The fourth-order valence-electron chi connectivity index (χ4n) is 2.08. The number of carbonyl (C=O) groups is 1. The van der Waals surface area contributed by atoms with Gasteiger partial charge in [-0.15, -0.1) is 0 Å². The molecule has 5 nitrogen and oxygen atoms in total. The Hall–Kier alpha value is -3.18. The summed E-state index contributed by atoms with van der Waals surface area (Å²) in [6.45, 7) is 0. The monoisotopic (exact) mass is 351 g/mol. The summed E-state index contributed by atoms with van der Waals surface area (Å²) in [5.41, 5.74) is 4.28. The first-order valence-corrected chi connectivity index (χ1v) is 7.88. The van der Waals surface area contributed by atoms with Crippen molar-refractivity contribution in [2.24, 2.45) is 5.10 Å². The van der Waals surface area contributed by atoms with Crippen molar-refractivity contribution in [3.63, 3.8) is 0 Å². The van der Waals surface area contributed by atoms with Crippen LogP contribution in [0.25, 0.3) is 17.4 Å². The lowest BCUT2D eigenvalue weighted by Gasteiger charge is -1.95. The lowest BCUT2D eigenvalue weighted by molar-refractivity contribution is 0.0946. The molecule has 3 rings (SSSR count). The Morgan fingerprint density at radius 1 is 1.08 bits per heavy atom. The molecule has 0 radical (unpaired) electrons. The minimum absolute atomic E-state index is 0.138. The number of aromatic nitrogens is 1. The van der Waals surface area contributed by atoms with Gasteiger partial charge < -0.3 is 4.52 Å². The second-order valence-corrected chi connectivity index (χ2v) is 5.52. The van der Waals surface area contributed by atoms with Gasteiger partial charge in [-0.3, -0.25) is 4.79 Å². The topological polar surface area (TPSA) is 67.5 Å². The molecular formula is C19H14ClN3O2. The maximum atomic E-state index is 12.0. The van der Waals surface area contributed by atoms with Crippen LogP contribution in [0.15, 0.2) is 81.4 Å². The second kappa shape index (κ2) is 8.08. The van der Waals surface area contributed by atoms with E-state index in [1.54, 1.807) is 12.1 Å². The largest absolute Gasteiger partial charge is 0.355 e. The quantitative estimate of drug-likeness (QED) is 0.549. The number of hydrazone groups is 1. The second-order valence-electron chi connectivity index (χ2n) is 5.08. The molecule has 3 aromatic rings. The van der Waals surface area contributed by atoms with Crippen molar-refractivity contribution in [1.29, 1.82) is 0 Å². The van der Waals surface area contributed by atoms with Crippen molar-refractivity contribution in [2.75, 3.05) is 0 Å². The van der Waals surface area contributed by atoms with Gasteiger partial charge in [-0.1, -0.05) is 77.4 Å². The van der Waals surface area contributed by atoms with Crippen molar-refractivity contribution in [2.45, 2.75) is 0 Å². The van der Waals surface area contributed by atoms with Gasteiger partial charge in [0.25, 0.3) is 5.91 Å². The van der Waals surface area contributed by atoms with Gasteiger partial charge in [0, 0.05) is 11.6 Å². The van der Waals surface area contributed by atoms with E-state index in [1.807, 2.05) is 60.7 Å². The first kappa shape index (κ1) is 16.7. The highest BCUT2D eigenvalue weighted by Crippen LogP contribution is 2.19. The molecule has 1 amide bonds. The Balaban J connectivity index is 1.61. The average Bonchev–Trinajstić information content (AvgIpc) is 3.13. The van der Waals surface area contributed by atoms with E-state index in [0.717, 1.165) is 11.1 Å². The molecule has 1 aromatic heterocycles. The van der Waals surface area contributed by atoms with Gasteiger partial charge in [-0.2, -0.15) is 5.10 Å². The number of nitrogens with one attached hydrogen (secondary N) is 1. The predicted octanol–water partition coefficient (Wildman–Crippen LogP) is 4.34. The zero-order chi connectivity index (χ0) is 17.5. The van der Waals surface area contributed by atoms with Crippen LogP contribution in [0.3, 0.4) is 0 Å². The highest BCUT2D eigenvalue weighted by molar-refractivity contribution is 6.41. The minimum atomic E-state index is -0.480. The molecule has 2 aromatic carbocycles. The maximum Gasteiger partial charge on any atom is 0.293 e. The smallest absolute Gasteiger partial charge is 0.293 e. The molecule has 124 valence electrons. The van der Waals surface area contributed by atoms with Crippen LogP contribution in [0.5, 0.6) is 0 Å². The van der Waals surface area contributed by atoms with Gasteiger partial charge in [-0.05, 0) is 11.6 Å². The van der Waals surface area contributed by atoms with Crippen LogP contribution in [-0.4, -0.2) is 17.3 Å². The van der Waals surface area contributed by atoms with Crippen molar-refractivity contribution in [1.82, 2.24) is 10.6 Å². The first-order valence-electron chi connectivity index (χ1n) is 7.50. The van der Waals surface area contributed by atoms with Crippen LogP contribution in [0.4, 0.5) is 0 Å². The Kier molecular flexibility index (Phi) is 5.39. The highest BCUT2D eigenvalue weighted by atomic mass is 35.5. The minimum Gasteiger partial charge on any atom is -0.355 e. The normalized spacial score (nSPS) is 11.6. The van der Waals surface area contributed by atoms with Crippen molar-refractivity contribution < 1.29 is 9.32 Å². The summed E-state index contributed by atoms with van der Waals surface area (Å²) in [5, 5.41) is 7.95. The number of amides is 1. The van der Waals surface area contributed by atoms with Crippen molar-refractivity contribution in [3.8, 4) is 11.3 Å². The average molecular weight is 352 g/mol. The number of hydrogen-bond acceptors (Lipinski definition) is 4. The van der Waals surface area contributed by atoms with Crippen molar-refractivity contribution in [3.05, 3.63) is 83.0 Å². The molecule has 0 unspecified atom stereocenters. The third kappa shape index (κ3) is 4.65. The van der Waals surface area contributed by atoms with E-state index in [-0.39, 0.29) is 5.69 Å². The maximum absolute atomic E-state index is 12.0. The number of rotatable bonds is 5. The van der Waals surface area contributed by atoms with Gasteiger partial charge in [0.05, 0.1) is 11.2 Å². The summed E-state index contributed by atoms with van der Waals surface area (Å²) in [6, 6.07) is 20.5. The molecule has 1 N–H and O–H groups in total.